The molecular formula is C11H9N5S. The largest absolute Gasteiger partial charge is 0.404 e. The van der Waals surface area contributed by atoms with E-state index in [1.807, 2.05) is 0 Å². The first kappa shape index (κ1) is 11.2. The fraction of sp³-hybridized carbons (Fsp3) is 0. The van der Waals surface area contributed by atoms with Gasteiger partial charge in [-0.3, -0.25) is 0 Å². The molecule has 0 saturated carbocycles. The Morgan fingerprint density at radius 3 is 3.00 bits per heavy atom. The number of rotatable bonds is 2. The number of aromatic nitrogens is 2. The number of hydrogen-bond donors (Lipinski definition) is 3. The highest BCUT2D eigenvalue weighted by atomic mass is 32.1. The molecule has 2 aromatic heterocycles. The summed E-state index contributed by atoms with van der Waals surface area (Å²) in [6.45, 7) is 0. The summed E-state index contributed by atoms with van der Waals surface area (Å²) in [5.41, 5.74) is 7.84. The zero-order valence-electron chi connectivity index (χ0n) is 8.75. The van der Waals surface area contributed by atoms with Crippen LogP contribution in [-0.2, 0) is 0 Å². The third kappa shape index (κ3) is 1.77. The van der Waals surface area contributed by atoms with Crippen molar-refractivity contribution < 1.29 is 0 Å². The van der Waals surface area contributed by atoms with E-state index in [2.05, 4.69) is 23.8 Å². The summed E-state index contributed by atoms with van der Waals surface area (Å²) in [5.74, 6) is 0. The summed E-state index contributed by atoms with van der Waals surface area (Å²) in [6, 6.07) is 3.81. The fourth-order valence-corrected chi connectivity index (χ4v) is 1.93. The van der Waals surface area contributed by atoms with E-state index in [0.29, 0.717) is 21.5 Å². The Kier molecular flexibility index (Phi) is 2.85. The first-order valence-corrected chi connectivity index (χ1v) is 5.19. The number of nitrogens with one attached hydrogen (secondary N) is 1. The predicted octanol–water partition coefficient (Wildman–Crippen LogP) is 1.44. The number of hydrogen-bond acceptors (Lipinski definition) is 5. The van der Waals surface area contributed by atoms with E-state index in [4.69, 9.17) is 16.4 Å². The van der Waals surface area contributed by atoms with E-state index in [0.717, 1.165) is 11.8 Å². The van der Waals surface area contributed by atoms with Crippen LogP contribution in [0.2, 0.25) is 0 Å². The first-order valence-electron chi connectivity index (χ1n) is 4.74. The number of allylic oxidation sites excluding steroid dienone is 1. The second-order valence-electron chi connectivity index (χ2n) is 3.34. The highest BCUT2D eigenvalue weighted by molar-refractivity contribution is 7.80. The van der Waals surface area contributed by atoms with Crippen molar-refractivity contribution in [2.75, 3.05) is 0 Å². The van der Waals surface area contributed by atoms with Crippen LogP contribution < -0.4 is 5.73 Å². The van der Waals surface area contributed by atoms with E-state index in [1.54, 1.807) is 16.8 Å². The number of pyridine rings is 1. The zero-order valence-corrected chi connectivity index (χ0v) is 9.65. The third-order valence-electron chi connectivity index (χ3n) is 2.38. The average Bonchev–Trinajstić information content (AvgIpc) is 2.74. The van der Waals surface area contributed by atoms with Crippen LogP contribution in [0, 0.1) is 16.7 Å². The molecule has 0 aromatic carbocycles. The molecule has 84 valence electrons. The van der Waals surface area contributed by atoms with Gasteiger partial charge >= 0.3 is 0 Å². The number of nitriles is 1. The van der Waals surface area contributed by atoms with Crippen molar-refractivity contribution in [1.29, 1.82) is 10.7 Å². The van der Waals surface area contributed by atoms with Crippen molar-refractivity contribution in [1.82, 2.24) is 9.61 Å². The molecule has 0 atom stereocenters. The summed E-state index contributed by atoms with van der Waals surface area (Å²) in [6.07, 6.45) is 5.69. The summed E-state index contributed by atoms with van der Waals surface area (Å²) in [5, 5.41) is 20.2. The van der Waals surface area contributed by atoms with Crippen LogP contribution in [0.15, 0.2) is 29.6 Å². The van der Waals surface area contributed by atoms with Crippen LogP contribution in [0.5, 0.6) is 0 Å². The minimum absolute atomic E-state index is 0.467. The minimum atomic E-state index is 0.467. The summed E-state index contributed by atoms with van der Waals surface area (Å²) >= 11 is 4.33. The molecule has 0 aliphatic heterocycles. The molecule has 6 heteroatoms. The van der Waals surface area contributed by atoms with Crippen LogP contribution >= 0.6 is 12.6 Å². The zero-order chi connectivity index (χ0) is 12.4. The van der Waals surface area contributed by atoms with Crippen LogP contribution in [0.25, 0.3) is 11.1 Å². The minimum Gasteiger partial charge on any atom is -0.404 e. The van der Waals surface area contributed by atoms with Crippen molar-refractivity contribution in [3.8, 4) is 6.07 Å². The quantitative estimate of drug-likeness (QED) is 0.550. The average molecular weight is 243 g/mol. The van der Waals surface area contributed by atoms with Crippen molar-refractivity contribution in [2.24, 2.45) is 5.73 Å². The molecule has 2 rings (SSSR count). The molecule has 3 N–H and O–H groups in total. The maximum atomic E-state index is 8.91. The Labute approximate surface area is 103 Å². The second-order valence-corrected chi connectivity index (χ2v) is 3.83. The number of thiol groups is 1. The molecule has 5 nitrogen and oxygen atoms in total. The van der Waals surface area contributed by atoms with Gasteiger partial charge in [0.15, 0.2) is 0 Å². The number of nitrogens with zero attached hydrogens (tertiary/aromatic N) is 3. The lowest BCUT2D eigenvalue weighted by Crippen LogP contribution is -1.96. The maximum absolute atomic E-state index is 8.91. The van der Waals surface area contributed by atoms with E-state index in [1.165, 1.54) is 12.4 Å². The maximum Gasteiger partial charge on any atom is 0.103 e. The normalized spacial score (nSPS) is 11.4. The van der Waals surface area contributed by atoms with Crippen molar-refractivity contribution >= 4 is 29.9 Å². The van der Waals surface area contributed by atoms with Gasteiger partial charge in [-0.1, -0.05) is 0 Å². The number of nitrogens with two attached hydrogens (primary N) is 1. The lowest BCUT2D eigenvalue weighted by atomic mass is 10.1. The second kappa shape index (κ2) is 4.31. The Morgan fingerprint density at radius 2 is 2.41 bits per heavy atom. The SMILES string of the molecule is N#Cc1cnn2cc(/C(C=N)=C/N)cc(S)c12. The summed E-state index contributed by atoms with van der Waals surface area (Å²) in [4.78, 5) is 0.623. The van der Waals surface area contributed by atoms with Gasteiger partial charge in [-0.15, -0.1) is 12.6 Å². The van der Waals surface area contributed by atoms with Crippen LogP contribution in [0.4, 0.5) is 0 Å². The van der Waals surface area contributed by atoms with E-state index in [-0.39, 0.29) is 0 Å². The van der Waals surface area contributed by atoms with Gasteiger partial charge in [-0.25, -0.2) is 4.52 Å². The van der Waals surface area contributed by atoms with Crippen LogP contribution in [-0.4, -0.2) is 15.8 Å². The highest BCUT2D eigenvalue weighted by Gasteiger charge is 2.09. The lowest BCUT2D eigenvalue weighted by Gasteiger charge is -2.04. The Balaban J connectivity index is 2.74. The summed E-state index contributed by atoms with van der Waals surface area (Å²) < 4.78 is 1.56. The Bertz CT molecular complexity index is 662. The van der Waals surface area contributed by atoms with Crippen molar-refractivity contribution in [2.45, 2.75) is 4.90 Å². The predicted molar refractivity (Wildman–Crippen MR) is 68.1 cm³/mol. The van der Waals surface area contributed by atoms with Gasteiger partial charge in [0.2, 0.25) is 0 Å². The monoisotopic (exact) mass is 243 g/mol. The van der Waals surface area contributed by atoms with Crippen LogP contribution in [0.3, 0.4) is 0 Å². The third-order valence-corrected chi connectivity index (χ3v) is 2.72. The Morgan fingerprint density at radius 1 is 1.65 bits per heavy atom. The van der Waals surface area contributed by atoms with Gasteiger partial charge in [0.1, 0.15) is 6.07 Å². The molecule has 0 aliphatic carbocycles. The van der Waals surface area contributed by atoms with E-state index < -0.39 is 0 Å². The first-order chi connectivity index (χ1) is 8.21. The van der Waals surface area contributed by atoms with Gasteiger partial charge in [-0.2, -0.15) is 10.4 Å². The van der Waals surface area contributed by atoms with Gasteiger partial charge in [0.05, 0.1) is 17.3 Å². The molecule has 0 amide bonds. The Hall–Kier alpha value is -2.26. The number of fused-ring (bicyclic) bond motifs is 1. The molecular weight excluding hydrogens is 234 g/mol. The van der Waals surface area contributed by atoms with E-state index >= 15 is 0 Å². The smallest absolute Gasteiger partial charge is 0.103 e. The molecule has 0 spiro atoms. The van der Waals surface area contributed by atoms with Gasteiger partial charge < -0.3 is 11.1 Å². The molecule has 2 aromatic rings. The van der Waals surface area contributed by atoms with Gasteiger partial charge in [0, 0.05) is 34.6 Å². The molecule has 0 saturated heterocycles. The van der Waals surface area contributed by atoms with Crippen molar-refractivity contribution in [3.05, 3.63) is 35.8 Å². The van der Waals surface area contributed by atoms with Crippen LogP contribution in [0.1, 0.15) is 11.1 Å². The molecule has 0 aliphatic rings. The van der Waals surface area contributed by atoms with E-state index in [9.17, 15) is 0 Å². The molecule has 0 bridgehead atoms. The molecule has 0 fully saturated rings. The van der Waals surface area contributed by atoms with Gasteiger partial charge in [0.25, 0.3) is 0 Å². The molecule has 0 unspecified atom stereocenters. The summed E-state index contributed by atoms with van der Waals surface area (Å²) in [7, 11) is 0. The topological polar surface area (TPSA) is 91.0 Å². The fourth-order valence-electron chi connectivity index (χ4n) is 1.57. The molecule has 0 radical (unpaired) electrons. The molecule has 17 heavy (non-hydrogen) atoms. The lowest BCUT2D eigenvalue weighted by molar-refractivity contribution is 0.946. The van der Waals surface area contributed by atoms with Crippen molar-refractivity contribution in [3.63, 3.8) is 0 Å². The highest BCUT2D eigenvalue weighted by Crippen LogP contribution is 2.23. The molecule has 2 heterocycles. The standard InChI is InChI=1S/C11H9N5S/c12-2-8(3-13)7-1-10(17)11-9(4-14)5-15-16(11)6-7/h1-3,5-6,12,17H,13H2/b8-3+,12-2?. The van der Waals surface area contributed by atoms with Gasteiger partial charge in [-0.05, 0) is 6.07 Å².